The molecule has 1 atom stereocenters. The molecule has 2 aromatic heterocycles. The Bertz CT molecular complexity index is 1410. The molecule has 0 aliphatic carbocycles. The zero-order valence-electron chi connectivity index (χ0n) is 21.1. The van der Waals surface area contributed by atoms with Gasteiger partial charge in [-0.1, -0.05) is 35.9 Å². The van der Waals surface area contributed by atoms with Crippen molar-refractivity contribution in [2.75, 3.05) is 31.1 Å². The summed E-state index contributed by atoms with van der Waals surface area (Å²) in [5.41, 5.74) is 4.87. The topological polar surface area (TPSA) is 61.6 Å². The number of aryl methyl sites for hydroxylation is 2. The number of anilines is 1. The van der Waals surface area contributed by atoms with Gasteiger partial charge >= 0.3 is 0 Å². The second-order valence-electron chi connectivity index (χ2n) is 9.65. The standard InChI is InChI=1S/C30H31FN4O2/c1-21-5-7-24(8-6-21)29(34-16-14-33(15-17-34)26-11-9-25(31)10-12-26)28-27(36)18-22(2)35(30(28)37)20-23-4-3-13-32-19-23/h3-13,18-19,29,36H,14-17,20H2,1-2H3/t29-/m1/s1. The summed E-state index contributed by atoms with van der Waals surface area (Å²) in [7, 11) is 0. The summed E-state index contributed by atoms with van der Waals surface area (Å²) in [4.78, 5) is 22.6. The van der Waals surface area contributed by atoms with Crippen molar-refractivity contribution in [3.63, 3.8) is 0 Å². The molecule has 2 aromatic carbocycles. The summed E-state index contributed by atoms with van der Waals surface area (Å²) in [5, 5.41) is 11.1. The first-order chi connectivity index (χ1) is 17.9. The highest BCUT2D eigenvalue weighted by Crippen LogP contribution is 2.34. The Labute approximate surface area is 216 Å². The zero-order valence-corrected chi connectivity index (χ0v) is 21.1. The Morgan fingerprint density at radius 1 is 0.973 bits per heavy atom. The first-order valence-corrected chi connectivity index (χ1v) is 12.5. The quantitative estimate of drug-likeness (QED) is 0.419. The van der Waals surface area contributed by atoms with Gasteiger partial charge in [-0.25, -0.2) is 4.39 Å². The van der Waals surface area contributed by atoms with Crippen LogP contribution in [0.25, 0.3) is 0 Å². The van der Waals surface area contributed by atoms with Crippen LogP contribution in [0.2, 0.25) is 0 Å². The SMILES string of the molecule is Cc1ccc([C@H](c2c(O)cc(C)n(Cc3cccnc3)c2=O)N2CCN(c3ccc(F)cc3)CC2)cc1. The molecular weight excluding hydrogens is 467 g/mol. The van der Waals surface area contributed by atoms with E-state index in [2.05, 4.69) is 14.8 Å². The maximum absolute atomic E-state index is 14.0. The highest BCUT2D eigenvalue weighted by Gasteiger charge is 2.31. The fraction of sp³-hybridized carbons (Fsp3) is 0.267. The van der Waals surface area contributed by atoms with E-state index in [9.17, 15) is 14.3 Å². The monoisotopic (exact) mass is 498 g/mol. The van der Waals surface area contributed by atoms with Gasteiger partial charge in [0.05, 0.1) is 18.2 Å². The molecule has 190 valence electrons. The van der Waals surface area contributed by atoms with E-state index in [0.717, 1.165) is 35.5 Å². The smallest absolute Gasteiger partial charge is 0.259 e. The maximum atomic E-state index is 14.0. The number of rotatable bonds is 6. The number of hydrogen-bond acceptors (Lipinski definition) is 5. The van der Waals surface area contributed by atoms with E-state index < -0.39 is 6.04 Å². The van der Waals surface area contributed by atoms with E-state index in [1.54, 1.807) is 35.2 Å². The average molecular weight is 499 g/mol. The Hall–Kier alpha value is -3.97. The van der Waals surface area contributed by atoms with Crippen molar-refractivity contribution < 1.29 is 9.50 Å². The van der Waals surface area contributed by atoms with E-state index in [-0.39, 0.29) is 17.1 Å². The highest BCUT2D eigenvalue weighted by atomic mass is 19.1. The third-order valence-electron chi connectivity index (χ3n) is 7.12. The first-order valence-electron chi connectivity index (χ1n) is 12.5. The van der Waals surface area contributed by atoms with Crippen molar-refractivity contribution >= 4 is 5.69 Å². The van der Waals surface area contributed by atoms with Gasteiger partial charge in [0.2, 0.25) is 0 Å². The van der Waals surface area contributed by atoms with E-state index in [0.29, 0.717) is 30.9 Å². The van der Waals surface area contributed by atoms with Gasteiger partial charge in [0, 0.05) is 50.0 Å². The van der Waals surface area contributed by atoms with Gasteiger partial charge in [-0.3, -0.25) is 14.7 Å². The van der Waals surface area contributed by atoms with Crippen LogP contribution < -0.4 is 10.5 Å². The zero-order chi connectivity index (χ0) is 25.9. The molecule has 1 saturated heterocycles. The first kappa shape index (κ1) is 24.7. The largest absolute Gasteiger partial charge is 0.507 e. The molecule has 1 fully saturated rings. The molecular formula is C30H31FN4O2. The van der Waals surface area contributed by atoms with Gasteiger partial charge in [-0.2, -0.15) is 0 Å². The molecule has 0 unspecified atom stereocenters. The molecule has 7 heteroatoms. The molecule has 0 saturated carbocycles. The second kappa shape index (κ2) is 10.6. The molecule has 3 heterocycles. The van der Waals surface area contributed by atoms with Crippen LogP contribution in [0.5, 0.6) is 5.75 Å². The van der Waals surface area contributed by atoms with Crippen molar-refractivity contribution in [3.8, 4) is 5.75 Å². The maximum Gasteiger partial charge on any atom is 0.259 e. The lowest BCUT2D eigenvalue weighted by Gasteiger charge is -2.40. The summed E-state index contributed by atoms with van der Waals surface area (Å²) in [6, 6.07) is 19.8. The summed E-state index contributed by atoms with van der Waals surface area (Å²) < 4.78 is 15.1. The molecule has 0 radical (unpaired) electrons. The van der Waals surface area contributed by atoms with Gasteiger partial charge in [-0.05, 0) is 61.4 Å². The lowest BCUT2D eigenvalue weighted by atomic mass is 9.95. The predicted molar refractivity (Wildman–Crippen MR) is 144 cm³/mol. The molecule has 37 heavy (non-hydrogen) atoms. The molecule has 1 aliphatic rings. The molecule has 4 aromatic rings. The number of nitrogens with zero attached hydrogens (tertiary/aromatic N) is 4. The molecule has 0 spiro atoms. The van der Waals surface area contributed by atoms with E-state index in [4.69, 9.17) is 0 Å². The van der Waals surface area contributed by atoms with Gasteiger partial charge in [0.15, 0.2) is 0 Å². The summed E-state index contributed by atoms with van der Waals surface area (Å²) in [6.45, 7) is 7.07. The van der Waals surface area contributed by atoms with Crippen LogP contribution >= 0.6 is 0 Å². The van der Waals surface area contributed by atoms with Gasteiger partial charge in [0.1, 0.15) is 11.6 Å². The minimum atomic E-state index is -0.399. The summed E-state index contributed by atoms with van der Waals surface area (Å²) in [6.07, 6.45) is 3.46. The fourth-order valence-electron chi connectivity index (χ4n) is 5.10. The van der Waals surface area contributed by atoms with Crippen molar-refractivity contribution in [3.05, 3.63) is 123 Å². The number of hydrogen-bond donors (Lipinski definition) is 1. The molecule has 6 nitrogen and oxygen atoms in total. The Morgan fingerprint density at radius 2 is 1.68 bits per heavy atom. The van der Waals surface area contributed by atoms with Crippen molar-refractivity contribution in [1.29, 1.82) is 0 Å². The molecule has 0 amide bonds. The van der Waals surface area contributed by atoms with Crippen molar-refractivity contribution in [1.82, 2.24) is 14.5 Å². The van der Waals surface area contributed by atoms with Crippen LogP contribution in [-0.2, 0) is 6.54 Å². The fourth-order valence-corrected chi connectivity index (χ4v) is 5.10. The summed E-state index contributed by atoms with van der Waals surface area (Å²) in [5.74, 6) is -0.240. The van der Waals surface area contributed by atoms with Gasteiger partial charge in [-0.15, -0.1) is 0 Å². The Kier molecular flexibility index (Phi) is 7.06. The van der Waals surface area contributed by atoms with Crippen LogP contribution in [0.4, 0.5) is 10.1 Å². The van der Waals surface area contributed by atoms with E-state index >= 15 is 0 Å². The molecule has 5 rings (SSSR count). The number of piperazine rings is 1. The van der Waals surface area contributed by atoms with Crippen molar-refractivity contribution in [2.24, 2.45) is 0 Å². The van der Waals surface area contributed by atoms with Crippen LogP contribution in [0.15, 0.2) is 83.9 Å². The number of pyridine rings is 2. The average Bonchev–Trinajstić information content (AvgIpc) is 2.91. The normalized spacial score (nSPS) is 15.1. The van der Waals surface area contributed by atoms with E-state index in [1.807, 2.05) is 50.2 Å². The van der Waals surface area contributed by atoms with Gasteiger partial charge in [0.25, 0.3) is 5.56 Å². The van der Waals surface area contributed by atoms with E-state index in [1.165, 1.54) is 12.1 Å². The molecule has 1 aliphatic heterocycles. The minimum Gasteiger partial charge on any atom is -0.507 e. The second-order valence-corrected chi connectivity index (χ2v) is 9.65. The highest BCUT2D eigenvalue weighted by molar-refractivity contribution is 5.47. The Morgan fingerprint density at radius 3 is 2.32 bits per heavy atom. The number of halogens is 1. The van der Waals surface area contributed by atoms with Crippen LogP contribution in [0.3, 0.4) is 0 Å². The number of aromatic nitrogens is 2. The van der Waals surface area contributed by atoms with Gasteiger partial charge < -0.3 is 14.6 Å². The van der Waals surface area contributed by atoms with Crippen LogP contribution in [0.1, 0.15) is 34.0 Å². The number of aromatic hydroxyl groups is 1. The third kappa shape index (κ3) is 5.27. The predicted octanol–water partition coefficient (Wildman–Crippen LogP) is 4.66. The third-order valence-corrected chi connectivity index (χ3v) is 7.12. The summed E-state index contributed by atoms with van der Waals surface area (Å²) >= 11 is 0. The molecule has 1 N–H and O–H groups in total. The van der Waals surface area contributed by atoms with Crippen LogP contribution in [-0.4, -0.2) is 45.7 Å². The minimum absolute atomic E-state index is 0.0106. The molecule has 0 bridgehead atoms. The lowest BCUT2D eigenvalue weighted by Crippen LogP contribution is -2.49. The Balaban J connectivity index is 1.52. The number of benzene rings is 2. The van der Waals surface area contributed by atoms with Crippen LogP contribution in [0, 0.1) is 19.7 Å². The lowest BCUT2D eigenvalue weighted by molar-refractivity contribution is 0.207. The van der Waals surface area contributed by atoms with Crippen molar-refractivity contribution in [2.45, 2.75) is 26.4 Å².